The number of pyridine rings is 2. The van der Waals surface area contributed by atoms with Crippen molar-refractivity contribution in [3.63, 3.8) is 0 Å². The Morgan fingerprint density at radius 2 is 2.07 bits per heavy atom. The monoisotopic (exact) mass is 361 g/mol. The molecule has 0 bridgehead atoms. The topological polar surface area (TPSA) is 56.1 Å². The van der Waals surface area contributed by atoms with Gasteiger partial charge in [-0.2, -0.15) is 0 Å². The predicted molar refractivity (Wildman–Crippen MR) is 105 cm³/mol. The van der Waals surface area contributed by atoms with Crippen LogP contribution in [0.25, 0.3) is 0 Å². The molecule has 1 aliphatic rings. The van der Waals surface area contributed by atoms with Crippen LogP contribution >= 0.6 is 0 Å². The maximum atomic E-state index is 12.4. The van der Waals surface area contributed by atoms with Gasteiger partial charge in [-0.1, -0.05) is 24.3 Å². The molecule has 3 heterocycles. The van der Waals surface area contributed by atoms with Crippen LogP contribution in [0, 0.1) is 0 Å². The summed E-state index contributed by atoms with van der Waals surface area (Å²) in [5.41, 5.74) is 4.87. The van der Waals surface area contributed by atoms with E-state index < -0.39 is 0 Å². The van der Waals surface area contributed by atoms with Crippen molar-refractivity contribution in [1.82, 2.24) is 14.9 Å². The van der Waals surface area contributed by atoms with E-state index in [1.54, 1.807) is 23.0 Å². The van der Waals surface area contributed by atoms with Gasteiger partial charge in [-0.3, -0.25) is 9.78 Å². The number of fused-ring (bicyclic) bond motifs is 1. The zero-order chi connectivity index (χ0) is 18.5. The number of ether oxygens (including phenoxy) is 1. The average Bonchev–Trinajstić information content (AvgIpc) is 2.72. The third kappa shape index (κ3) is 4.44. The van der Waals surface area contributed by atoms with Gasteiger partial charge in [-0.25, -0.2) is 0 Å². The molecule has 5 nitrogen and oxygen atoms in total. The van der Waals surface area contributed by atoms with Crippen LogP contribution in [0.3, 0.4) is 0 Å². The standard InChI is InChI=1S/C22H23N3O2/c26-22-14-21(27-16-20-3-1-2-9-24-20)8-12-25(22)11-7-17-4-5-18-6-10-23-15-19(18)13-17/h1-5,8-9,12-14,23H,6-7,10-11,15-16H2. The van der Waals surface area contributed by atoms with Crippen LogP contribution in [-0.2, 0) is 32.5 Å². The van der Waals surface area contributed by atoms with Gasteiger partial charge in [0.05, 0.1) is 5.69 Å². The Kier molecular flexibility index (Phi) is 5.30. The number of aryl methyl sites for hydroxylation is 2. The first kappa shape index (κ1) is 17.5. The van der Waals surface area contributed by atoms with Crippen LogP contribution in [0.5, 0.6) is 5.75 Å². The molecule has 1 aliphatic heterocycles. The van der Waals surface area contributed by atoms with E-state index in [1.165, 1.54) is 16.7 Å². The van der Waals surface area contributed by atoms with Gasteiger partial charge < -0.3 is 14.6 Å². The van der Waals surface area contributed by atoms with Gasteiger partial charge >= 0.3 is 0 Å². The Morgan fingerprint density at radius 1 is 1.11 bits per heavy atom. The van der Waals surface area contributed by atoms with E-state index in [0.29, 0.717) is 18.9 Å². The normalized spacial score (nSPS) is 13.2. The van der Waals surface area contributed by atoms with Crippen molar-refractivity contribution < 1.29 is 4.74 Å². The third-order valence-corrected chi connectivity index (χ3v) is 4.88. The molecule has 0 atom stereocenters. The molecule has 1 aromatic carbocycles. The molecule has 1 N–H and O–H groups in total. The smallest absolute Gasteiger partial charge is 0.254 e. The summed E-state index contributed by atoms with van der Waals surface area (Å²) in [4.78, 5) is 16.6. The largest absolute Gasteiger partial charge is 0.487 e. The van der Waals surface area contributed by atoms with Gasteiger partial charge in [0.25, 0.3) is 5.56 Å². The summed E-state index contributed by atoms with van der Waals surface area (Å²) in [7, 11) is 0. The molecule has 4 rings (SSSR count). The first-order valence-electron chi connectivity index (χ1n) is 9.32. The van der Waals surface area contributed by atoms with Crippen molar-refractivity contribution in [2.75, 3.05) is 6.54 Å². The van der Waals surface area contributed by atoms with Gasteiger partial charge in [0, 0.05) is 31.5 Å². The maximum Gasteiger partial charge on any atom is 0.254 e. The summed E-state index contributed by atoms with van der Waals surface area (Å²) >= 11 is 0. The van der Waals surface area contributed by atoms with Crippen LogP contribution in [-0.4, -0.2) is 16.1 Å². The van der Waals surface area contributed by atoms with Crippen LogP contribution in [0.2, 0.25) is 0 Å². The molecule has 0 saturated heterocycles. The maximum absolute atomic E-state index is 12.4. The number of hydrogen-bond donors (Lipinski definition) is 1. The van der Waals surface area contributed by atoms with Gasteiger partial charge in [-0.05, 0) is 54.3 Å². The molecule has 0 unspecified atom stereocenters. The molecule has 138 valence electrons. The quantitative estimate of drug-likeness (QED) is 0.733. The van der Waals surface area contributed by atoms with Crippen molar-refractivity contribution in [3.8, 4) is 5.75 Å². The van der Waals surface area contributed by atoms with Crippen molar-refractivity contribution in [2.45, 2.75) is 32.5 Å². The lowest BCUT2D eigenvalue weighted by Crippen LogP contribution is -2.24. The Hall–Kier alpha value is -2.92. The first-order valence-corrected chi connectivity index (χ1v) is 9.32. The lowest BCUT2D eigenvalue weighted by Gasteiger charge is -2.18. The van der Waals surface area contributed by atoms with E-state index in [0.717, 1.165) is 31.6 Å². The van der Waals surface area contributed by atoms with E-state index in [-0.39, 0.29) is 5.56 Å². The second kappa shape index (κ2) is 8.18. The van der Waals surface area contributed by atoms with Crippen LogP contribution < -0.4 is 15.6 Å². The highest BCUT2D eigenvalue weighted by Gasteiger charge is 2.09. The van der Waals surface area contributed by atoms with E-state index in [1.807, 2.05) is 24.3 Å². The van der Waals surface area contributed by atoms with Gasteiger partial charge in [0.2, 0.25) is 0 Å². The second-order valence-corrected chi connectivity index (χ2v) is 6.78. The Labute approximate surface area is 158 Å². The van der Waals surface area contributed by atoms with E-state index in [2.05, 4.69) is 28.5 Å². The zero-order valence-electron chi connectivity index (χ0n) is 15.2. The molecule has 0 spiro atoms. The summed E-state index contributed by atoms with van der Waals surface area (Å²) in [6.07, 6.45) is 5.46. The van der Waals surface area contributed by atoms with Crippen molar-refractivity contribution >= 4 is 0 Å². The van der Waals surface area contributed by atoms with E-state index in [4.69, 9.17) is 4.74 Å². The molecule has 3 aromatic rings. The summed E-state index contributed by atoms with van der Waals surface area (Å²) in [6.45, 7) is 3.00. The molecule has 27 heavy (non-hydrogen) atoms. The minimum Gasteiger partial charge on any atom is -0.487 e. The molecule has 0 radical (unpaired) electrons. The Balaban J connectivity index is 1.37. The highest BCUT2D eigenvalue weighted by Crippen LogP contribution is 2.16. The molecular weight excluding hydrogens is 338 g/mol. The first-order chi connectivity index (χ1) is 13.3. The highest BCUT2D eigenvalue weighted by molar-refractivity contribution is 5.33. The molecular formula is C22H23N3O2. The molecule has 5 heteroatoms. The fourth-order valence-corrected chi connectivity index (χ4v) is 3.34. The number of nitrogens with one attached hydrogen (secondary N) is 1. The average molecular weight is 361 g/mol. The van der Waals surface area contributed by atoms with Crippen LogP contribution in [0.15, 0.2) is 65.7 Å². The van der Waals surface area contributed by atoms with Crippen molar-refractivity contribution in [3.05, 3.63) is 93.7 Å². The van der Waals surface area contributed by atoms with Crippen molar-refractivity contribution in [2.24, 2.45) is 0 Å². The van der Waals surface area contributed by atoms with Crippen LogP contribution in [0.4, 0.5) is 0 Å². The van der Waals surface area contributed by atoms with Gasteiger partial charge in [-0.15, -0.1) is 0 Å². The number of rotatable bonds is 6. The Bertz CT molecular complexity index is 967. The van der Waals surface area contributed by atoms with E-state index in [9.17, 15) is 4.79 Å². The number of aromatic nitrogens is 2. The second-order valence-electron chi connectivity index (χ2n) is 6.78. The predicted octanol–water partition coefficient (Wildman–Crippen LogP) is 2.71. The zero-order valence-corrected chi connectivity index (χ0v) is 15.2. The summed E-state index contributed by atoms with van der Waals surface area (Å²) < 4.78 is 7.40. The summed E-state index contributed by atoms with van der Waals surface area (Å²) in [5, 5.41) is 3.41. The van der Waals surface area contributed by atoms with Crippen molar-refractivity contribution in [1.29, 1.82) is 0 Å². The molecule has 0 aliphatic carbocycles. The minimum absolute atomic E-state index is 0.0480. The summed E-state index contributed by atoms with van der Waals surface area (Å²) in [6, 6.07) is 15.7. The lowest BCUT2D eigenvalue weighted by molar-refractivity contribution is 0.300. The molecule has 0 fully saturated rings. The minimum atomic E-state index is -0.0480. The molecule has 0 amide bonds. The van der Waals surface area contributed by atoms with Gasteiger partial charge in [0.15, 0.2) is 0 Å². The Morgan fingerprint density at radius 3 is 2.93 bits per heavy atom. The number of nitrogens with zero attached hydrogens (tertiary/aromatic N) is 2. The fourth-order valence-electron chi connectivity index (χ4n) is 3.34. The van der Waals surface area contributed by atoms with Gasteiger partial charge in [0.1, 0.15) is 12.4 Å². The summed E-state index contributed by atoms with van der Waals surface area (Å²) in [5.74, 6) is 0.571. The molecule has 2 aromatic heterocycles. The number of benzene rings is 1. The fraction of sp³-hybridized carbons (Fsp3) is 0.273. The number of hydrogen-bond acceptors (Lipinski definition) is 4. The molecule has 0 saturated carbocycles. The van der Waals surface area contributed by atoms with E-state index >= 15 is 0 Å². The lowest BCUT2D eigenvalue weighted by atomic mass is 9.97. The third-order valence-electron chi connectivity index (χ3n) is 4.88. The SMILES string of the molecule is O=c1cc(OCc2ccccn2)ccn1CCc1ccc2c(c1)CNCC2. The van der Waals surface area contributed by atoms with Crippen LogP contribution in [0.1, 0.15) is 22.4 Å². The highest BCUT2D eigenvalue weighted by atomic mass is 16.5.